The van der Waals surface area contributed by atoms with Gasteiger partial charge in [-0.1, -0.05) is 13.0 Å². The molecule has 1 N–H and O–H groups in total. The molecule has 1 fully saturated rings. The molecule has 1 aromatic carbocycles. The number of carbonyl (C=O) groups is 1. The quantitative estimate of drug-likeness (QED) is 0.712. The van der Waals surface area contributed by atoms with Gasteiger partial charge in [-0.2, -0.15) is 0 Å². The molecule has 3 heterocycles. The van der Waals surface area contributed by atoms with Crippen LogP contribution in [0.2, 0.25) is 0 Å². The zero-order valence-corrected chi connectivity index (χ0v) is 18.9. The number of aromatic nitrogens is 2. The zero-order chi connectivity index (χ0) is 22.5. The van der Waals surface area contributed by atoms with Crippen molar-refractivity contribution in [3.8, 4) is 0 Å². The SMILES string of the molecule is CCC(COC)Nc1ncc(C(=O)N2CCC(N3CCc4ccc(F)cc4C3)CC2)cn1. The van der Waals surface area contributed by atoms with Gasteiger partial charge in [0.25, 0.3) is 5.91 Å². The van der Waals surface area contributed by atoms with Gasteiger partial charge in [-0.05, 0) is 48.9 Å². The molecule has 0 bridgehead atoms. The van der Waals surface area contributed by atoms with Gasteiger partial charge in [0, 0.05) is 51.7 Å². The van der Waals surface area contributed by atoms with Crippen LogP contribution in [0.4, 0.5) is 10.3 Å². The number of nitrogens with zero attached hydrogens (tertiary/aromatic N) is 4. The van der Waals surface area contributed by atoms with E-state index in [1.807, 2.05) is 11.0 Å². The van der Waals surface area contributed by atoms with Gasteiger partial charge < -0.3 is 15.0 Å². The second-order valence-corrected chi connectivity index (χ2v) is 8.66. The smallest absolute Gasteiger partial charge is 0.256 e. The number of carbonyl (C=O) groups excluding carboxylic acids is 1. The number of amides is 1. The molecule has 1 amide bonds. The van der Waals surface area contributed by atoms with Crippen LogP contribution in [0.3, 0.4) is 0 Å². The number of halogens is 1. The first-order valence-electron chi connectivity index (χ1n) is 11.5. The van der Waals surface area contributed by atoms with Crippen molar-refractivity contribution < 1.29 is 13.9 Å². The highest BCUT2D eigenvalue weighted by Gasteiger charge is 2.29. The number of hydrogen-bond donors (Lipinski definition) is 1. The number of fused-ring (bicyclic) bond motifs is 1. The Kier molecular flexibility index (Phi) is 7.32. The molecule has 0 aliphatic carbocycles. The van der Waals surface area contributed by atoms with Crippen LogP contribution in [0.15, 0.2) is 30.6 Å². The molecule has 4 rings (SSSR count). The van der Waals surface area contributed by atoms with Crippen LogP contribution in [0.1, 0.15) is 47.7 Å². The van der Waals surface area contributed by atoms with Gasteiger partial charge in [0.15, 0.2) is 0 Å². The molecule has 0 radical (unpaired) electrons. The third-order valence-corrected chi connectivity index (χ3v) is 6.57. The summed E-state index contributed by atoms with van der Waals surface area (Å²) in [5, 5.41) is 3.23. The molecule has 7 nitrogen and oxygen atoms in total. The van der Waals surface area contributed by atoms with Crippen molar-refractivity contribution in [1.29, 1.82) is 0 Å². The first kappa shape index (κ1) is 22.6. The van der Waals surface area contributed by atoms with E-state index in [1.54, 1.807) is 31.6 Å². The van der Waals surface area contributed by atoms with Crippen molar-refractivity contribution in [3.05, 3.63) is 53.1 Å². The average Bonchev–Trinajstić information content (AvgIpc) is 2.83. The summed E-state index contributed by atoms with van der Waals surface area (Å²) in [7, 11) is 1.67. The maximum absolute atomic E-state index is 13.6. The topological polar surface area (TPSA) is 70.6 Å². The summed E-state index contributed by atoms with van der Waals surface area (Å²) in [6.07, 6.45) is 6.89. The van der Waals surface area contributed by atoms with Crippen molar-refractivity contribution in [2.24, 2.45) is 0 Å². The fourth-order valence-electron chi connectivity index (χ4n) is 4.63. The molecule has 172 valence electrons. The van der Waals surface area contributed by atoms with Crippen LogP contribution in [-0.4, -0.2) is 71.1 Å². The van der Waals surface area contributed by atoms with E-state index >= 15 is 0 Å². The lowest BCUT2D eigenvalue weighted by molar-refractivity contribution is 0.0598. The van der Waals surface area contributed by atoms with Crippen LogP contribution >= 0.6 is 0 Å². The number of rotatable bonds is 7. The summed E-state index contributed by atoms with van der Waals surface area (Å²) in [6, 6.07) is 5.68. The normalized spacial score (nSPS) is 18.3. The van der Waals surface area contributed by atoms with Gasteiger partial charge in [-0.3, -0.25) is 9.69 Å². The minimum atomic E-state index is -0.168. The molecule has 2 aliphatic heterocycles. The Hall–Kier alpha value is -2.58. The predicted molar refractivity (Wildman–Crippen MR) is 121 cm³/mol. The summed E-state index contributed by atoms with van der Waals surface area (Å²) < 4.78 is 18.8. The third-order valence-electron chi connectivity index (χ3n) is 6.57. The van der Waals surface area contributed by atoms with E-state index in [-0.39, 0.29) is 17.8 Å². The van der Waals surface area contributed by atoms with Crippen LogP contribution in [0.25, 0.3) is 0 Å². The lowest BCUT2D eigenvalue weighted by Crippen LogP contribution is -2.48. The molecule has 1 aromatic heterocycles. The predicted octanol–water partition coefficient (Wildman–Crippen LogP) is 3.12. The van der Waals surface area contributed by atoms with E-state index < -0.39 is 0 Å². The van der Waals surface area contributed by atoms with Crippen molar-refractivity contribution in [1.82, 2.24) is 19.8 Å². The highest BCUT2D eigenvalue weighted by Crippen LogP contribution is 2.26. The molecule has 32 heavy (non-hydrogen) atoms. The number of piperidine rings is 1. The highest BCUT2D eigenvalue weighted by atomic mass is 19.1. The monoisotopic (exact) mass is 441 g/mol. The lowest BCUT2D eigenvalue weighted by atomic mass is 9.95. The van der Waals surface area contributed by atoms with E-state index in [9.17, 15) is 9.18 Å². The first-order valence-corrected chi connectivity index (χ1v) is 11.5. The molecular formula is C24H32FN5O2. The number of ether oxygens (including phenoxy) is 1. The van der Waals surface area contributed by atoms with Crippen molar-refractivity contribution >= 4 is 11.9 Å². The summed E-state index contributed by atoms with van der Waals surface area (Å²) in [5.74, 6) is 0.314. The number of methoxy groups -OCH3 is 1. The number of likely N-dealkylation sites (tertiary alicyclic amines) is 1. The minimum absolute atomic E-state index is 0.0232. The number of hydrogen-bond acceptors (Lipinski definition) is 6. The molecular weight excluding hydrogens is 409 g/mol. The average molecular weight is 442 g/mol. The number of anilines is 1. The van der Waals surface area contributed by atoms with Gasteiger partial charge >= 0.3 is 0 Å². The van der Waals surface area contributed by atoms with Gasteiger partial charge in [-0.25, -0.2) is 14.4 Å². The van der Waals surface area contributed by atoms with Crippen LogP contribution in [-0.2, 0) is 17.7 Å². The highest BCUT2D eigenvalue weighted by molar-refractivity contribution is 5.93. The number of nitrogens with one attached hydrogen (secondary N) is 1. The summed E-state index contributed by atoms with van der Waals surface area (Å²) in [5.41, 5.74) is 2.85. The maximum Gasteiger partial charge on any atom is 0.256 e. The molecule has 2 aliphatic rings. The van der Waals surface area contributed by atoms with Crippen molar-refractivity contribution in [2.75, 3.05) is 38.7 Å². The molecule has 0 saturated carbocycles. The molecule has 1 saturated heterocycles. The van der Waals surface area contributed by atoms with E-state index in [4.69, 9.17) is 4.74 Å². The van der Waals surface area contributed by atoms with Gasteiger partial charge in [0.1, 0.15) is 5.82 Å². The maximum atomic E-state index is 13.6. The molecule has 1 atom stereocenters. The van der Waals surface area contributed by atoms with E-state index in [1.165, 1.54) is 5.56 Å². The molecule has 2 aromatic rings. The standard InChI is InChI=1S/C24H32FN5O2/c1-3-21(16-32-2)28-24-26-13-19(14-27-24)23(31)29-10-7-22(8-11-29)30-9-6-17-4-5-20(25)12-18(17)15-30/h4-5,12-14,21-22H,3,6-11,15-16H2,1-2H3,(H,26,27,28). The van der Waals surface area contributed by atoms with Crippen LogP contribution in [0.5, 0.6) is 0 Å². The van der Waals surface area contributed by atoms with Gasteiger partial charge in [0.05, 0.1) is 18.2 Å². The van der Waals surface area contributed by atoms with E-state index in [2.05, 4.69) is 27.1 Å². The first-order chi connectivity index (χ1) is 15.6. The Morgan fingerprint density at radius 1 is 1.22 bits per heavy atom. The Labute approximate surface area is 189 Å². The largest absolute Gasteiger partial charge is 0.383 e. The summed E-state index contributed by atoms with van der Waals surface area (Å²) in [6.45, 7) is 5.84. The van der Waals surface area contributed by atoms with Gasteiger partial charge in [0.2, 0.25) is 5.95 Å². The summed E-state index contributed by atoms with van der Waals surface area (Å²) >= 11 is 0. The molecule has 8 heteroatoms. The Balaban J connectivity index is 1.30. The Morgan fingerprint density at radius 2 is 1.97 bits per heavy atom. The lowest BCUT2D eigenvalue weighted by Gasteiger charge is -2.40. The second-order valence-electron chi connectivity index (χ2n) is 8.66. The fraction of sp³-hybridized carbons (Fsp3) is 0.542. The van der Waals surface area contributed by atoms with Crippen molar-refractivity contribution in [3.63, 3.8) is 0 Å². The Morgan fingerprint density at radius 3 is 2.66 bits per heavy atom. The van der Waals surface area contributed by atoms with Crippen LogP contribution in [0, 0.1) is 5.82 Å². The van der Waals surface area contributed by atoms with Gasteiger partial charge in [-0.15, -0.1) is 0 Å². The Bertz CT molecular complexity index is 915. The third kappa shape index (κ3) is 5.24. The zero-order valence-electron chi connectivity index (χ0n) is 18.9. The van der Waals surface area contributed by atoms with Crippen molar-refractivity contribution in [2.45, 2.75) is 51.2 Å². The van der Waals surface area contributed by atoms with Crippen LogP contribution < -0.4 is 5.32 Å². The minimum Gasteiger partial charge on any atom is -0.383 e. The number of benzene rings is 1. The second kappa shape index (κ2) is 10.4. The summed E-state index contributed by atoms with van der Waals surface area (Å²) in [4.78, 5) is 25.9. The fourth-order valence-corrected chi connectivity index (χ4v) is 4.63. The molecule has 0 spiro atoms. The van der Waals surface area contributed by atoms with E-state index in [0.29, 0.717) is 37.3 Å². The molecule has 1 unspecified atom stereocenters. The van der Waals surface area contributed by atoms with E-state index in [0.717, 1.165) is 44.3 Å².